The number of nitrogens with one attached hydrogen (secondary N) is 1. The summed E-state index contributed by atoms with van der Waals surface area (Å²) in [7, 11) is 0. The highest BCUT2D eigenvalue weighted by Crippen LogP contribution is 2.22. The zero-order valence-corrected chi connectivity index (χ0v) is 7.09. The van der Waals surface area contributed by atoms with Gasteiger partial charge in [-0.2, -0.15) is 0 Å². The van der Waals surface area contributed by atoms with Gasteiger partial charge in [-0.15, -0.1) is 0 Å². The third kappa shape index (κ3) is 1.69. The first kappa shape index (κ1) is 8.23. The summed E-state index contributed by atoms with van der Waals surface area (Å²) in [5.74, 6) is -0.0469. The number of carbonyl (C=O) groups is 1. The van der Waals surface area contributed by atoms with Crippen molar-refractivity contribution in [1.29, 1.82) is 0 Å². The number of hydrogen-bond acceptors (Lipinski definition) is 1. The Morgan fingerprint density at radius 1 is 1.46 bits per heavy atom. The number of amides is 1. The molecule has 0 aromatic heterocycles. The van der Waals surface area contributed by atoms with Crippen molar-refractivity contribution in [2.45, 2.75) is 12.3 Å². The van der Waals surface area contributed by atoms with Gasteiger partial charge in [0, 0.05) is 18.9 Å². The molecule has 0 spiro atoms. The van der Waals surface area contributed by atoms with E-state index in [1.54, 1.807) is 6.07 Å². The van der Waals surface area contributed by atoms with Crippen LogP contribution in [0.25, 0.3) is 0 Å². The maximum absolute atomic E-state index is 12.8. The molecular weight excluding hydrogens is 168 g/mol. The Bertz CT molecular complexity index is 337. The molecular formula is C10H10FNO. The third-order valence-electron chi connectivity index (χ3n) is 2.30. The SMILES string of the molecule is O=C1CC(c2cccc([18F])c2)CN1. The summed E-state index contributed by atoms with van der Waals surface area (Å²) in [5.41, 5.74) is 0.901. The largest absolute Gasteiger partial charge is 0.355 e. The second kappa shape index (κ2) is 3.17. The van der Waals surface area contributed by atoms with Gasteiger partial charge in [-0.1, -0.05) is 12.1 Å². The predicted octanol–water partition coefficient (Wildman–Crippen LogP) is 1.43. The minimum absolute atomic E-state index is 0.0502. The van der Waals surface area contributed by atoms with Crippen LogP contribution in [0.1, 0.15) is 17.9 Å². The van der Waals surface area contributed by atoms with Crippen molar-refractivity contribution in [3.8, 4) is 0 Å². The van der Waals surface area contributed by atoms with E-state index in [-0.39, 0.29) is 17.6 Å². The van der Waals surface area contributed by atoms with E-state index in [2.05, 4.69) is 5.32 Å². The highest BCUT2D eigenvalue weighted by atomic mass is 18.2. The van der Waals surface area contributed by atoms with E-state index in [1.807, 2.05) is 6.07 Å². The molecule has 3 heteroatoms. The Kier molecular flexibility index (Phi) is 2.00. The number of halogens is 1. The predicted molar refractivity (Wildman–Crippen MR) is 46.8 cm³/mol. The molecule has 0 saturated carbocycles. The molecule has 1 atom stereocenters. The highest BCUT2D eigenvalue weighted by molar-refractivity contribution is 5.79. The summed E-state index contributed by atoms with van der Waals surface area (Å²) < 4.78 is 12.8. The monoisotopic (exact) mass is 178 g/mol. The number of hydrogen-bond donors (Lipinski definition) is 1. The van der Waals surface area contributed by atoms with E-state index >= 15 is 0 Å². The molecule has 0 radical (unpaired) electrons. The van der Waals surface area contributed by atoms with Gasteiger partial charge in [0.15, 0.2) is 0 Å². The molecule has 68 valence electrons. The molecule has 0 aliphatic carbocycles. The Balaban J connectivity index is 2.21. The second-order valence-corrected chi connectivity index (χ2v) is 3.26. The highest BCUT2D eigenvalue weighted by Gasteiger charge is 2.22. The van der Waals surface area contributed by atoms with Crippen LogP contribution in [-0.4, -0.2) is 12.5 Å². The van der Waals surface area contributed by atoms with Crippen molar-refractivity contribution in [3.63, 3.8) is 0 Å². The van der Waals surface area contributed by atoms with Gasteiger partial charge >= 0.3 is 0 Å². The molecule has 2 rings (SSSR count). The van der Waals surface area contributed by atoms with E-state index < -0.39 is 0 Å². The fourth-order valence-corrected chi connectivity index (χ4v) is 1.60. The topological polar surface area (TPSA) is 29.1 Å². The standard InChI is InChI=1S/C10H10FNO/c11-9-3-1-2-7(4-9)8-5-10(13)12-6-8/h1-4,8H,5-6H2,(H,12,13)/i11-1. The Morgan fingerprint density at radius 2 is 2.31 bits per heavy atom. The van der Waals surface area contributed by atoms with Gasteiger partial charge in [0.25, 0.3) is 0 Å². The van der Waals surface area contributed by atoms with E-state index in [0.717, 1.165) is 5.56 Å². The molecule has 1 heterocycles. The lowest BCUT2D eigenvalue weighted by atomic mass is 9.98. The third-order valence-corrected chi connectivity index (χ3v) is 2.30. The molecule has 1 unspecified atom stereocenters. The van der Waals surface area contributed by atoms with Crippen molar-refractivity contribution >= 4 is 5.91 Å². The van der Waals surface area contributed by atoms with Gasteiger partial charge in [-0.3, -0.25) is 4.79 Å². The molecule has 1 aliphatic rings. The van der Waals surface area contributed by atoms with Crippen molar-refractivity contribution in [1.82, 2.24) is 5.32 Å². The van der Waals surface area contributed by atoms with Crippen LogP contribution in [0.3, 0.4) is 0 Å². The van der Waals surface area contributed by atoms with Crippen molar-refractivity contribution in [2.24, 2.45) is 0 Å². The summed E-state index contributed by atoms with van der Waals surface area (Å²) >= 11 is 0. The molecule has 1 aromatic carbocycles. The van der Waals surface area contributed by atoms with Crippen LogP contribution in [0.15, 0.2) is 24.3 Å². The molecule has 1 fully saturated rings. The first-order valence-electron chi connectivity index (χ1n) is 4.28. The summed E-state index contributed by atoms with van der Waals surface area (Å²) in [4.78, 5) is 10.9. The molecule has 1 aliphatic heterocycles. The van der Waals surface area contributed by atoms with Crippen LogP contribution >= 0.6 is 0 Å². The molecule has 2 nitrogen and oxygen atoms in total. The minimum atomic E-state index is -0.239. The molecule has 1 saturated heterocycles. The van der Waals surface area contributed by atoms with E-state index in [4.69, 9.17) is 0 Å². The fourth-order valence-electron chi connectivity index (χ4n) is 1.60. The van der Waals surface area contributed by atoms with Crippen LogP contribution in [0.5, 0.6) is 0 Å². The lowest BCUT2D eigenvalue weighted by molar-refractivity contribution is -0.119. The van der Waals surface area contributed by atoms with E-state index in [0.29, 0.717) is 13.0 Å². The van der Waals surface area contributed by atoms with Crippen LogP contribution in [0, 0.1) is 5.82 Å². The molecule has 0 bridgehead atoms. The van der Waals surface area contributed by atoms with Gasteiger partial charge < -0.3 is 5.32 Å². The van der Waals surface area contributed by atoms with Crippen LogP contribution in [0.2, 0.25) is 0 Å². The van der Waals surface area contributed by atoms with Crippen LogP contribution in [0.4, 0.5) is 4.39 Å². The maximum Gasteiger partial charge on any atom is 0.220 e. The van der Waals surface area contributed by atoms with Gasteiger partial charge in [0.2, 0.25) is 5.91 Å². The molecule has 13 heavy (non-hydrogen) atoms. The zero-order valence-electron chi connectivity index (χ0n) is 7.09. The van der Waals surface area contributed by atoms with Gasteiger partial charge in [0.05, 0.1) is 0 Å². The fraction of sp³-hybridized carbons (Fsp3) is 0.300. The maximum atomic E-state index is 12.8. The second-order valence-electron chi connectivity index (χ2n) is 3.26. The van der Waals surface area contributed by atoms with Gasteiger partial charge in [0.1, 0.15) is 5.82 Å². The Labute approximate surface area is 75.8 Å². The van der Waals surface area contributed by atoms with Gasteiger partial charge in [-0.25, -0.2) is 4.39 Å². The normalized spacial score (nSPS) is 21.6. The van der Waals surface area contributed by atoms with Crippen LogP contribution in [-0.2, 0) is 4.79 Å². The summed E-state index contributed by atoms with van der Waals surface area (Å²) in [6, 6.07) is 6.43. The van der Waals surface area contributed by atoms with E-state index in [1.165, 1.54) is 12.1 Å². The number of rotatable bonds is 1. The number of benzene rings is 1. The van der Waals surface area contributed by atoms with Crippen LogP contribution < -0.4 is 5.32 Å². The molecule has 1 N–H and O–H groups in total. The average molecular weight is 178 g/mol. The van der Waals surface area contributed by atoms with Crippen molar-refractivity contribution < 1.29 is 9.18 Å². The molecule has 1 amide bonds. The Hall–Kier alpha value is -1.38. The van der Waals surface area contributed by atoms with Crippen molar-refractivity contribution in [2.75, 3.05) is 6.54 Å². The smallest absolute Gasteiger partial charge is 0.220 e. The first-order valence-corrected chi connectivity index (χ1v) is 4.28. The van der Waals surface area contributed by atoms with Crippen molar-refractivity contribution in [3.05, 3.63) is 35.6 Å². The zero-order chi connectivity index (χ0) is 9.26. The summed E-state index contributed by atoms with van der Waals surface area (Å²) in [5, 5.41) is 2.73. The van der Waals surface area contributed by atoms with Gasteiger partial charge in [-0.05, 0) is 17.7 Å². The minimum Gasteiger partial charge on any atom is -0.355 e. The average Bonchev–Trinajstić information content (AvgIpc) is 2.52. The quantitative estimate of drug-likeness (QED) is 0.692. The summed E-state index contributed by atoms with van der Waals surface area (Å²) in [6.45, 7) is 0.627. The summed E-state index contributed by atoms with van der Waals surface area (Å²) in [6.07, 6.45) is 0.476. The first-order chi connectivity index (χ1) is 6.25. The lowest BCUT2D eigenvalue weighted by Gasteiger charge is -2.06. The van der Waals surface area contributed by atoms with E-state index in [9.17, 15) is 9.18 Å². The number of carbonyl (C=O) groups excluding carboxylic acids is 1. The lowest BCUT2D eigenvalue weighted by Crippen LogP contribution is -2.13. The Morgan fingerprint density at radius 3 is 2.92 bits per heavy atom. The molecule has 1 aromatic rings.